The molecule has 0 radical (unpaired) electrons. The molecule has 1 aromatic heterocycles. The first-order valence-corrected chi connectivity index (χ1v) is 13.0. The fourth-order valence-corrected chi connectivity index (χ4v) is 5.61. The Morgan fingerprint density at radius 1 is 1.00 bits per heavy atom. The van der Waals surface area contributed by atoms with E-state index < -0.39 is 23.5 Å². The molecular formula is C30H25ClN2O6. The molecule has 8 nitrogen and oxygen atoms in total. The molecular weight excluding hydrogens is 520 g/mol. The number of amides is 1. The number of ether oxygens (including phenoxy) is 1. The molecule has 2 aliphatic rings. The van der Waals surface area contributed by atoms with Gasteiger partial charge in [-0.3, -0.25) is 14.5 Å². The van der Waals surface area contributed by atoms with Gasteiger partial charge in [0.25, 0.3) is 5.91 Å². The number of methoxy groups -OCH3 is 1. The summed E-state index contributed by atoms with van der Waals surface area (Å²) < 4.78 is 11.2. The molecule has 1 atom stereocenters. The number of carbonyl (C=O) groups is 2. The monoisotopic (exact) mass is 544 g/mol. The molecule has 1 unspecified atom stereocenters. The number of fused-ring (bicyclic) bond motifs is 1. The second-order valence-electron chi connectivity index (χ2n) is 9.61. The Morgan fingerprint density at radius 3 is 2.41 bits per heavy atom. The molecule has 1 saturated heterocycles. The third kappa shape index (κ3) is 4.27. The van der Waals surface area contributed by atoms with Crippen molar-refractivity contribution in [1.29, 1.82) is 0 Å². The van der Waals surface area contributed by atoms with Crippen LogP contribution in [0.15, 0.2) is 82.5 Å². The van der Waals surface area contributed by atoms with Crippen LogP contribution in [-0.2, 0) is 4.79 Å². The lowest BCUT2D eigenvalue weighted by atomic mass is 9.94. The lowest BCUT2D eigenvalue weighted by Crippen LogP contribution is -2.31. The number of benzene rings is 3. The summed E-state index contributed by atoms with van der Waals surface area (Å²) >= 11 is 6.18. The van der Waals surface area contributed by atoms with E-state index >= 15 is 0 Å². The van der Waals surface area contributed by atoms with Crippen molar-refractivity contribution in [3.05, 3.63) is 94.4 Å². The molecule has 2 aliphatic heterocycles. The van der Waals surface area contributed by atoms with Crippen LogP contribution in [0.1, 0.15) is 35.0 Å². The van der Waals surface area contributed by atoms with Gasteiger partial charge in [0.05, 0.1) is 18.7 Å². The number of nitrogens with zero attached hydrogens (tertiary/aromatic N) is 2. The Morgan fingerprint density at radius 2 is 1.72 bits per heavy atom. The lowest BCUT2D eigenvalue weighted by molar-refractivity contribution is -0.117. The first-order valence-electron chi connectivity index (χ1n) is 12.6. The lowest BCUT2D eigenvalue weighted by Gasteiger charge is -2.27. The van der Waals surface area contributed by atoms with Crippen LogP contribution in [0, 0.1) is 0 Å². The molecule has 1 fully saturated rings. The van der Waals surface area contributed by atoms with E-state index in [9.17, 15) is 19.8 Å². The van der Waals surface area contributed by atoms with Crippen molar-refractivity contribution in [2.24, 2.45) is 0 Å². The molecule has 4 aromatic rings. The van der Waals surface area contributed by atoms with Gasteiger partial charge in [-0.2, -0.15) is 0 Å². The number of hydrogen-bond donors (Lipinski definition) is 2. The van der Waals surface area contributed by atoms with Crippen molar-refractivity contribution in [3.8, 4) is 11.5 Å². The zero-order valence-electron chi connectivity index (χ0n) is 21.1. The number of Topliss-reactive ketones (excluding diaryl/α,β-unsaturated/α-hetero) is 1. The van der Waals surface area contributed by atoms with Gasteiger partial charge in [-0.25, -0.2) is 0 Å². The molecule has 2 N–H and O–H groups in total. The van der Waals surface area contributed by atoms with Gasteiger partial charge >= 0.3 is 0 Å². The van der Waals surface area contributed by atoms with E-state index in [4.69, 9.17) is 20.8 Å². The van der Waals surface area contributed by atoms with Crippen LogP contribution in [0.25, 0.3) is 11.0 Å². The molecule has 39 heavy (non-hydrogen) atoms. The maximum Gasteiger partial charge on any atom is 0.294 e. The molecule has 0 bridgehead atoms. The Kier molecular flexibility index (Phi) is 6.19. The van der Waals surface area contributed by atoms with Crippen LogP contribution in [0.3, 0.4) is 0 Å². The van der Waals surface area contributed by atoms with Gasteiger partial charge in [0, 0.05) is 40.9 Å². The fraction of sp³-hybridized carbons (Fsp3) is 0.200. The largest absolute Gasteiger partial charge is 0.508 e. The van der Waals surface area contributed by atoms with Crippen LogP contribution < -0.4 is 14.5 Å². The van der Waals surface area contributed by atoms with E-state index in [2.05, 4.69) is 4.90 Å². The van der Waals surface area contributed by atoms with Gasteiger partial charge < -0.3 is 24.3 Å². The summed E-state index contributed by atoms with van der Waals surface area (Å²) in [5.74, 6) is -1.84. The number of aromatic hydroxyl groups is 1. The number of anilines is 2. The van der Waals surface area contributed by atoms with Crippen LogP contribution >= 0.6 is 11.6 Å². The van der Waals surface area contributed by atoms with Crippen LogP contribution in [0.5, 0.6) is 11.5 Å². The third-order valence-corrected chi connectivity index (χ3v) is 7.45. The molecule has 1 amide bonds. The highest BCUT2D eigenvalue weighted by atomic mass is 35.5. The summed E-state index contributed by atoms with van der Waals surface area (Å²) in [6.45, 7) is 1.95. The Balaban J connectivity index is 1.44. The number of furan rings is 1. The fourth-order valence-electron chi connectivity index (χ4n) is 5.40. The van der Waals surface area contributed by atoms with Gasteiger partial charge in [0.15, 0.2) is 22.9 Å². The van der Waals surface area contributed by atoms with E-state index in [1.54, 1.807) is 36.4 Å². The van der Waals surface area contributed by atoms with Gasteiger partial charge in [0.1, 0.15) is 5.75 Å². The van der Waals surface area contributed by atoms with E-state index in [-0.39, 0.29) is 17.1 Å². The normalized spacial score (nSPS) is 17.5. The minimum absolute atomic E-state index is 0.0365. The molecule has 6 rings (SSSR count). The number of rotatable bonds is 6. The average molecular weight is 545 g/mol. The summed E-state index contributed by atoms with van der Waals surface area (Å²) in [4.78, 5) is 31.0. The highest BCUT2D eigenvalue weighted by molar-refractivity contribution is 6.31. The summed E-state index contributed by atoms with van der Waals surface area (Å²) in [6.07, 6.45) is 2.27. The van der Waals surface area contributed by atoms with E-state index in [1.807, 2.05) is 12.1 Å². The molecule has 9 heteroatoms. The maximum absolute atomic E-state index is 13.9. The highest BCUT2D eigenvalue weighted by Gasteiger charge is 2.45. The van der Waals surface area contributed by atoms with Crippen molar-refractivity contribution in [2.75, 3.05) is 30.0 Å². The molecule has 0 spiro atoms. The van der Waals surface area contributed by atoms with E-state index in [0.717, 1.165) is 31.6 Å². The zero-order valence-corrected chi connectivity index (χ0v) is 21.8. The molecule has 0 aliphatic carbocycles. The van der Waals surface area contributed by atoms with E-state index in [0.29, 0.717) is 33.0 Å². The molecule has 3 heterocycles. The maximum atomic E-state index is 13.9. The number of hydrogen-bond acceptors (Lipinski definition) is 7. The predicted molar refractivity (Wildman–Crippen MR) is 148 cm³/mol. The van der Waals surface area contributed by atoms with Crippen molar-refractivity contribution in [2.45, 2.75) is 18.9 Å². The van der Waals surface area contributed by atoms with Crippen LogP contribution in [-0.4, -0.2) is 42.1 Å². The predicted octanol–water partition coefficient (Wildman–Crippen LogP) is 6.18. The van der Waals surface area contributed by atoms with Gasteiger partial charge in [0.2, 0.25) is 5.78 Å². The summed E-state index contributed by atoms with van der Waals surface area (Å²) in [7, 11) is 1.46. The minimum atomic E-state index is -1.01. The van der Waals surface area contributed by atoms with E-state index in [1.165, 1.54) is 30.2 Å². The van der Waals surface area contributed by atoms with Gasteiger partial charge in [-0.15, -0.1) is 0 Å². The first kappa shape index (κ1) is 24.9. The summed E-state index contributed by atoms with van der Waals surface area (Å²) in [6, 6.07) is 17.4. The van der Waals surface area contributed by atoms with Crippen molar-refractivity contribution in [3.63, 3.8) is 0 Å². The molecule has 198 valence electrons. The topological polar surface area (TPSA) is 103 Å². The van der Waals surface area contributed by atoms with Crippen molar-refractivity contribution < 1.29 is 29.0 Å². The van der Waals surface area contributed by atoms with Crippen LogP contribution in [0.2, 0.25) is 5.02 Å². The van der Waals surface area contributed by atoms with Gasteiger partial charge in [-0.1, -0.05) is 23.7 Å². The smallest absolute Gasteiger partial charge is 0.294 e. The summed E-state index contributed by atoms with van der Waals surface area (Å²) in [5.41, 5.74) is 2.16. The van der Waals surface area contributed by atoms with Crippen LogP contribution in [0.4, 0.5) is 11.4 Å². The average Bonchev–Trinajstić information content (AvgIpc) is 3.67. The number of phenols is 1. The zero-order chi connectivity index (χ0) is 27.3. The second-order valence-corrected chi connectivity index (χ2v) is 10.0. The van der Waals surface area contributed by atoms with Crippen molar-refractivity contribution >= 4 is 45.6 Å². The quantitative estimate of drug-likeness (QED) is 0.279. The molecule has 0 saturated carbocycles. The van der Waals surface area contributed by atoms with Crippen molar-refractivity contribution in [1.82, 2.24) is 0 Å². The minimum Gasteiger partial charge on any atom is -0.508 e. The summed E-state index contributed by atoms with van der Waals surface area (Å²) in [5, 5.41) is 22.2. The second kappa shape index (κ2) is 9.71. The third-order valence-electron chi connectivity index (χ3n) is 7.23. The molecule has 3 aromatic carbocycles. The number of aliphatic hydroxyl groups is 1. The highest BCUT2D eigenvalue weighted by Crippen LogP contribution is 2.44. The number of aliphatic hydroxyl groups excluding tert-OH is 1. The first-order chi connectivity index (χ1) is 18.9. The Bertz CT molecular complexity index is 1640. The number of ketones is 1. The SMILES string of the molecule is COc1cc(Cl)cc2cc(C(=O)C3=C(O)C(=O)N(c4ccc(N5CCCC5)cc4)C3c3cccc(O)c3)oc12. The standard InChI is InChI=1S/C30H25ClN2O6/c1-38-24-16-19(31)13-18-15-23(39-29(18)24)27(35)25-26(17-5-4-6-22(34)14-17)33(30(37)28(25)36)21-9-7-20(8-10-21)32-11-2-3-12-32/h4-10,13-16,26,34,36H,2-3,11-12H2,1H3. The number of phenolic OH excluding ortho intramolecular Hbond substituents is 1. The Hall–Kier alpha value is -4.43. The van der Waals surface area contributed by atoms with Gasteiger partial charge in [-0.05, 0) is 66.9 Å². The Labute approximate surface area is 229 Å². The number of carbonyl (C=O) groups excluding carboxylic acids is 2. The number of halogens is 1.